The summed E-state index contributed by atoms with van der Waals surface area (Å²) in [7, 11) is 0. The molecule has 1 heterocycles. The third-order valence-electron chi connectivity index (χ3n) is 2.90. The Kier molecular flexibility index (Phi) is 5.12. The highest BCUT2D eigenvalue weighted by atomic mass is 16.1. The molecule has 0 fully saturated rings. The largest absolute Gasteiger partial charge is 0.385 e. The molecule has 0 aliphatic heterocycles. The lowest BCUT2D eigenvalue weighted by molar-refractivity contribution is 0.0951. The van der Waals surface area contributed by atoms with Gasteiger partial charge in [-0.25, -0.2) is 0 Å². The van der Waals surface area contributed by atoms with Crippen molar-refractivity contribution in [3.8, 4) is 0 Å². The molecular formula is C16H19N3O. The normalized spacial score (nSPS) is 10.1. The second-order valence-corrected chi connectivity index (χ2v) is 4.55. The van der Waals surface area contributed by atoms with E-state index in [4.69, 9.17) is 0 Å². The van der Waals surface area contributed by atoms with Crippen molar-refractivity contribution in [2.24, 2.45) is 0 Å². The molecule has 2 rings (SSSR count). The zero-order valence-electron chi connectivity index (χ0n) is 11.6. The van der Waals surface area contributed by atoms with Crippen LogP contribution in [0.25, 0.3) is 0 Å². The highest BCUT2D eigenvalue weighted by molar-refractivity contribution is 5.94. The fourth-order valence-electron chi connectivity index (χ4n) is 1.80. The van der Waals surface area contributed by atoms with Gasteiger partial charge in [-0.1, -0.05) is 13.0 Å². The number of hydrogen-bond donors (Lipinski definition) is 2. The maximum Gasteiger partial charge on any atom is 0.251 e. The molecule has 0 bridgehead atoms. The molecule has 0 aliphatic carbocycles. The minimum absolute atomic E-state index is 0.0732. The van der Waals surface area contributed by atoms with Gasteiger partial charge in [-0.05, 0) is 42.3 Å². The van der Waals surface area contributed by atoms with Crippen LogP contribution in [0, 0.1) is 0 Å². The Hall–Kier alpha value is -2.36. The molecular weight excluding hydrogens is 250 g/mol. The minimum Gasteiger partial charge on any atom is -0.385 e. The van der Waals surface area contributed by atoms with Crippen LogP contribution in [-0.4, -0.2) is 17.4 Å². The van der Waals surface area contributed by atoms with E-state index in [9.17, 15) is 4.79 Å². The van der Waals surface area contributed by atoms with Crippen molar-refractivity contribution >= 4 is 11.6 Å². The maximum atomic E-state index is 12.0. The molecule has 2 aromatic rings. The molecule has 0 saturated carbocycles. The fraction of sp³-hybridized carbons (Fsp3) is 0.250. The molecule has 0 atom stereocenters. The summed E-state index contributed by atoms with van der Waals surface area (Å²) in [5, 5.41) is 6.16. The molecule has 4 nitrogen and oxygen atoms in total. The summed E-state index contributed by atoms with van der Waals surface area (Å²) in [6.45, 7) is 3.54. The van der Waals surface area contributed by atoms with Crippen molar-refractivity contribution in [3.63, 3.8) is 0 Å². The summed E-state index contributed by atoms with van der Waals surface area (Å²) in [6.07, 6.45) is 4.54. The number of anilines is 1. The summed E-state index contributed by atoms with van der Waals surface area (Å²) >= 11 is 0. The van der Waals surface area contributed by atoms with Crippen molar-refractivity contribution in [2.45, 2.75) is 19.9 Å². The van der Waals surface area contributed by atoms with Gasteiger partial charge in [0.05, 0.1) is 0 Å². The molecule has 0 radical (unpaired) electrons. The number of hydrogen-bond acceptors (Lipinski definition) is 3. The van der Waals surface area contributed by atoms with Crippen molar-refractivity contribution in [1.82, 2.24) is 10.3 Å². The molecule has 1 amide bonds. The Morgan fingerprint density at radius 3 is 2.65 bits per heavy atom. The number of amides is 1. The van der Waals surface area contributed by atoms with E-state index in [0.29, 0.717) is 12.1 Å². The molecule has 20 heavy (non-hydrogen) atoms. The van der Waals surface area contributed by atoms with E-state index < -0.39 is 0 Å². The third-order valence-corrected chi connectivity index (χ3v) is 2.90. The molecule has 0 spiro atoms. The standard InChI is InChI=1S/C16H19N3O/c1-2-9-18-15-7-5-14(6-8-15)16(20)19-12-13-4-3-10-17-11-13/h3-8,10-11,18H,2,9,12H2,1H3,(H,19,20). The summed E-state index contributed by atoms with van der Waals surface area (Å²) in [4.78, 5) is 16.0. The van der Waals surface area contributed by atoms with Gasteiger partial charge in [0, 0.05) is 36.7 Å². The molecule has 0 aliphatic rings. The molecule has 0 unspecified atom stereocenters. The lowest BCUT2D eigenvalue weighted by Crippen LogP contribution is -2.22. The van der Waals surface area contributed by atoms with Crippen molar-refractivity contribution in [1.29, 1.82) is 0 Å². The van der Waals surface area contributed by atoms with Gasteiger partial charge in [0.25, 0.3) is 5.91 Å². The Bertz CT molecular complexity index is 537. The van der Waals surface area contributed by atoms with Gasteiger partial charge in [0.1, 0.15) is 0 Å². The van der Waals surface area contributed by atoms with Crippen LogP contribution in [-0.2, 0) is 6.54 Å². The van der Waals surface area contributed by atoms with E-state index in [1.54, 1.807) is 12.4 Å². The number of carbonyl (C=O) groups is 1. The monoisotopic (exact) mass is 269 g/mol. The maximum absolute atomic E-state index is 12.0. The Morgan fingerprint density at radius 2 is 2.00 bits per heavy atom. The van der Waals surface area contributed by atoms with E-state index in [1.165, 1.54) is 0 Å². The smallest absolute Gasteiger partial charge is 0.251 e. The molecule has 4 heteroatoms. The third kappa shape index (κ3) is 4.09. The summed E-state index contributed by atoms with van der Waals surface area (Å²) in [6, 6.07) is 11.3. The summed E-state index contributed by atoms with van der Waals surface area (Å²) < 4.78 is 0. The number of pyridine rings is 1. The van der Waals surface area contributed by atoms with E-state index >= 15 is 0 Å². The second kappa shape index (κ2) is 7.28. The van der Waals surface area contributed by atoms with Crippen LogP contribution in [0.2, 0.25) is 0 Å². The van der Waals surface area contributed by atoms with Crippen LogP contribution in [0.5, 0.6) is 0 Å². The number of carbonyl (C=O) groups excluding carboxylic acids is 1. The zero-order chi connectivity index (χ0) is 14.2. The van der Waals surface area contributed by atoms with E-state index in [1.807, 2.05) is 36.4 Å². The highest BCUT2D eigenvalue weighted by Gasteiger charge is 2.04. The number of nitrogens with zero attached hydrogens (tertiary/aromatic N) is 1. The van der Waals surface area contributed by atoms with Crippen LogP contribution in [0.4, 0.5) is 5.69 Å². The van der Waals surface area contributed by atoms with Crippen LogP contribution in [0.15, 0.2) is 48.8 Å². The molecule has 0 saturated heterocycles. The van der Waals surface area contributed by atoms with Gasteiger partial charge in [-0.15, -0.1) is 0 Å². The summed E-state index contributed by atoms with van der Waals surface area (Å²) in [5.74, 6) is -0.0732. The Balaban J connectivity index is 1.89. The SMILES string of the molecule is CCCNc1ccc(C(=O)NCc2cccnc2)cc1. The number of aromatic nitrogens is 1. The van der Waals surface area contributed by atoms with Gasteiger partial charge in [0.15, 0.2) is 0 Å². The predicted octanol–water partition coefficient (Wildman–Crippen LogP) is 2.83. The zero-order valence-corrected chi connectivity index (χ0v) is 11.6. The first-order valence-corrected chi connectivity index (χ1v) is 6.80. The van der Waals surface area contributed by atoms with Gasteiger partial charge >= 0.3 is 0 Å². The number of nitrogens with one attached hydrogen (secondary N) is 2. The number of benzene rings is 1. The number of rotatable bonds is 6. The molecule has 1 aromatic carbocycles. The predicted molar refractivity (Wildman–Crippen MR) is 80.6 cm³/mol. The molecule has 1 aromatic heterocycles. The van der Waals surface area contributed by atoms with Gasteiger partial charge in [-0.3, -0.25) is 9.78 Å². The van der Waals surface area contributed by atoms with Crippen molar-refractivity contribution in [3.05, 3.63) is 59.9 Å². The first kappa shape index (κ1) is 14.1. The van der Waals surface area contributed by atoms with Gasteiger partial charge < -0.3 is 10.6 Å². The van der Waals surface area contributed by atoms with Crippen LogP contribution < -0.4 is 10.6 Å². The lowest BCUT2D eigenvalue weighted by atomic mass is 10.2. The average molecular weight is 269 g/mol. The fourth-order valence-corrected chi connectivity index (χ4v) is 1.80. The van der Waals surface area contributed by atoms with E-state index in [2.05, 4.69) is 22.5 Å². The first-order valence-electron chi connectivity index (χ1n) is 6.80. The van der Waals surface area contributed by atoms with Crippen LogP contribution in [0.3, 0.4) is 0 Å². The molecule has 2 N–H and O–H groups in total. The second-order valence-electron chi connectivity index (χ2n) is 4.55. The average Bonchev–Trinajstić information content (AvgIpc) is 2.52. The quantitative estimate of drug-likeness (QED) is 0.848. The summed E-state index contributed by atoms with van der Waals surface area (Å²) in [5.41, 5.74) is 2.69. The first-order chi connectivity index (χ1) is 9.79. The van der Waals surface area contributed by atoms with Crippen molar-refractivity contribution < 1.29 is 4.79 Å². The van der Waals surface area contributed by atoms with Crippen LogP contribution in [0.1, 0.15) is 29.3 Å². The lowest BCUT2D eigenvalue weighted by Gasteiger charge is -2.07. The molecule has 104 valence electrons. The Morgan fingerprint density at radius 1 is 1.20 bits per heavy atom. The minimum atomic E-state index is -0.0732. The van der Waals surface area contributed by atoms with Gasteiger partial charge in [0.2, 0.25) is 0 Å². The van der Waals surface area contributed by atoms with E-state index in [-0.39, 0.29) is 5.91 Å². The van der Waals surface area contributed by atoms with E-state index in [0.717, 1.165) is 24.2 Å². The topological polar surface area (TPSA) is 54.0 Å². The Labute approximate surface area is 119 Å². The van der Waals surface area contributed by atoms with Crippen molar-refractivity contribution in [2.75, 3.05) is 11.9 Å². The van der Waals surface area contributed by atoms with Crippen LogP contribution >= 0.6 is 0 Å². The highest BCUT2D eigenvalue weighted by Crippen LogP contribution is 2.09. The van der Waals surface area contributed by atoms with Gasteiger partial charge in [-0.2, -0.15) is 0 Å².